The van der Waals surface area contributed by atoms with Crippen molar-refractivity contribution in [3.8, 4) is 0 Å². The van der Waals surface area contributed by atoms with Crippen LogP contribution in [0.3, 0.4) is 0 Å². The maximum absolute atomic E-state index is 12.5. The van der Waals surface area contributed by atoms with Crippen LogP contribution in [0.1, 0.15) is 39.7 Å². The fraction of sp³-hybridized carbons (Fsp3) is 0.308. The largest absolute Gasteiger partial charge is 0.478 e. The number of rotatable bonds is 5. The van der Waals surface area contributed by atoms with Crippen LogP contribution in [0, 0.1) is 13.8 Å². The third-order valence-electron chi connectivity index (χ3n) is 2.99. The molecule has 0 aromatic carbocycles. The minimum atomic E-state index is -3.99. The molecule has 0 saturated heterocycles. The molecule has 0 aliphatic carbocycles. The number of nitrogens with one attached hydrogen (secondary N) is 1. The monoisotopic (exact) mass is 329 g/mol. The molecule has 0 aliphatic heterocycles. The number of sulfonamides is 1. The molecule has 2 heterocycles. The second-order valence-electron chi connectivity index (χ2n) is 4.58. The first-order valence-electron chi connectivity index (χ1n) is 6.13. The first-order chi connectivity index (χ1) is 9.74. The molecule has 21 heavy (non-hydrogen) atoms. The SMILES string of the molecule is Cc1oc(C)c(S(=O)(=O)N[C@@H](C)c2cccs2)c1C(=O)O. The summed E-state index contributed by atoms with van der Waals surface area (Å²) >= 11 is 1.42. The molecule has 2 aromatic rings. The highest BCUT2D eigenvalue weighted by Gasteiger charge is 2.31. The Hall–Kier alpha value is -1.64. The summed E-state index contributed by atoms with van der Waals surface area (Å²) in [6, 6.07) is 3.18. The summed E-state index contributed by atoms with van der Waals surface area (Å²) in [6.45, 7) is 4.56. The topological polar surface area (TPSA) is 96.6 Å². The summed E-state index contributed by atoms with van der Waals surface area (Å²) < 4.78 is 32.6. The summed E-state index contributed by atoms with van der Waals surface area (Å²) in [4.78, 5) is 11.8. The Morgan fingerprint density at radius 2 is 2.05 bits per heavy atom. The van der Waals surface area contributed by atoms with Crippen molar-refractivity contribution >= 4 is 27.3 Å². The predicted octanol–water partition coefficient (Wildman–Crippen LogP) is 2.70. The number of carbonyl (C=O) groups is 1. The van der Waals surface area contributed by atoms with Gasteiger partial charge in [0, 0.05) is 4.88 Å². The van der Waals surface area contributed by atoms with Gasteiger partial charge in [-0.25, -0.2) is 17.9 Å². The Labute approximate surface area is 126 Å². The third kappa shape index (κ3) is 3.02. The third-order valence-corrected chi connectivity index (χ3v) is 5.74. The van der Waals surface area contributed by atoms with E-state index < -0.39 is 22.0 Å². The lowest BCUT2D eigenvalue weighted by Crippen LogP contribution is -2.28. The quantitative estimate of drug-likeness (QED) is 0.879. The standard InChI is InChI=1S/C13H15NO5S2/c1-7(10-5-4-6-20-10)14-21(17,18)12-9(3)19-8(2)11(12)13(15)16/h4-7,14H,1-3H3,(H,15,16)/t7-/m0/s1. The van der Waals surface area contributed by atoms with E-state index in [2.05, 4.69) is 4.72 Å². The molecular formula is C13H15NO5S2. The van der Waals surface area contributed by atoms with E-state index in [1.54, 1.807) is 6.92 Å². The van der Waals surface area contributed by atoms with Crippen molar-refractivity contribution in [1.29, 1.82) is 0 Å². The number of hydrogen-bond donors (Lipinski definition) is 2. The zero-order valence-electron chi connectivity index (χ0n) is 11.7. The number of hydrogen-bond acceptors (Lipinski definition) is 5. The van der Waals surface area contributed by atoms with E-state index in [1.165, 1.54) is 25.2 Å². The van der Waals surface area contributed by atoms with Gasteiger partial charge in [-0.1, -0.05) is 6.07 Å². The van der Waals surface area contributed by atoms with Crippen LogP contribution in [-0.2, 0) is 10.0 Å². The van der Waals surface area contributed by atoms with Crippen LogP contribution < -0.4 is 4.72 Å². The normalized spacial score (nSPS) is 13.3. The molecule has 0 saturated carbocycles. The highest BCUT2D eigenvalue weighted by molar-refractivity contribution is 7.89. The lowest BCUT2D eigenvalue weighted by Gasteiger charge is -2.12. The highest BCUT2D eigenvalue weighted by atomic mass is 32.2. The average molecular weight is 329 g/mol. The molecule has 0 fully saturated rings. The van der Waals surface area contributed by atoms with Gasteiger partial charge in [-0.15, -0.1) is 11.3 Å². The molecule has 1 atom stereocenters. The predicted molar refractivity (Wildman–Crippen MR) is 78.2 cm³/mol. The minimum Gasteiger partial charge on any atom is -0.478 e. The van der Waals surface area contributed by atoms with Gasteiger partial charge in [-0.05, 0) is 32.2 Å². The van der Waals surface area contributed by atoms with E-state index in [9.17, 15) is 18.3 Å². The molecule has 8 heteroatoms. The van der Waals surface area contributed by atoms with E-state index >= 15 is 0 Å². The lowest BCUT2D eigenvalue weighted by molar-refractivity contribution is 0.0691. The number of carboxylic acids is 1. The van der Waals surface area contributed by atoms with Gasteiger partial charge in [0.2, 0.25) is 10.0 Å². The van der Waals surface area contributed by atoms with Crippen LogP contribution in [0.2, 0.25) is 0 Å². The molecule has 0 radical (unpaired) electrons. The van der Waals surface area contributed by atoms with Gasteiger partial charge >= 0.3 is 5.97 Å². The van der Waals surface area contributed by atoms with Gasteiger partial charge in [-0.2, -0.15) is 0 Å². The Bertz CT molecular complexity index is 759. The van der Waals surface area contributed by atoms with Crippen molar-refractivity contribution in [3.63, 3.8) is 0 Å². The first-order valence-corrected chi connectivity index (χ1v) is 8.49. The van der Waals surface area contributed by atoms with E-state index in [-0.39, 0.29) is 22.0 Å². The van der Waals surface area contributed by atoms with Crippen molar-refractivity contribution in [1.82, 2.24) is 4.72 Å². The maximum Gasteiger partial charge on any atom is 0.340 e. The highest BCUT2D eigenvalue weighted by Crippen LogP contribution is 2.28. The van der Waals surface area contributed by atoms with Gasteiger partial charge in [-0.3, -0.25) is 0 Å². The van der Waals surface area contributed by atoms with Crippen molar-refractivity contribution in [2.24, 2.45) is 0 Å². The van der Waals surface area contributed by atoms with Crippen LogP contribution in [0.4, 0.5) is 0 Å². The smallest absolute Gasteiger partial charge is 0.340 e. The van der Waals surface area contributed by atoms with Crippen molar-refractivity contribution in [3.05, 3.63) is 39.5 Å². The fourth-order valence-corrected chi connectivity index (χ4v) is 4.56. The summed E-state index contributed by atoms with van der Waals surface area (Å²) in [6.07, 6.45) is 0. The molecule has 2 aromatic heterocycles. The van der Waals surface area contributed by atoms with Crippen molar-refractivity contribution < 1.29 is 22.7 Å². The summed E-state index contributed by atoms with van der Waals surface area (Å²) in [7, 11) is -3.99. The van der Waals surface area contributed by atoms with Gasteiger partial charge in [0.05, 0.1) is 6.04 Å². The molecule has 2 rings (SSSR count). The van der Waals surface area contributed by atoms with Gasteiger partial charge in [0.15, 0.2) is 0 Å². The van der Waals surface area contributed by atoms with Crippen LogP contribution in [0.25, 0.3) is 0 Å². The van der Waals surface area contributed by atoms with Crippen LogP contribution >= 0.6 is 11.3 Å². The Morgan fingerprint density at radius 1 is 1.38 bits per heavy atom. The van der Waals surface area contributed by atoms with Crippen LogP contribution in [0.5, 0.6) is 0 Å². The number of carboxylic acid groups (broad SMARTS) is 1. The second kappa shape index (κ2) is 5.63. The Balaban J connectivity index is 2.43. The van der Waals surface area contributed by atoms with Gasteiger partial charge in [0.1, 0.15) is 22.0 Å². The first kappa shape index (κ1) is 15.7. The average Bonchev–Trinajstić information content (AvgIpc) is 2.95. The molecule has 0 aliphatic rings. The van der Waals surface area contributed by atoms with Crippen molar-refractivity contribution in [2.45, 2.75) is 31.7 Å². The van der Waals surface area contributed by atoms with Gasteiger partial charge < -0.3 is 9.52 Å². The molecule has 0 bridgehead atoms. The molecule has 0 unspecified atom stereocenters. The van der Waals surface area contributed by atoms with Crippen LogP contribution in [0.15, 0.2) is 26.8 Å². The van der Waals surface area contributed by atoms with Crippen LogP contribution in [-0.4, -0.2) is 19.5 Å². The van der Waals surface area contributed by atoms with E-state index in [4.69, 9.17) is 4.42 Å². The number of thiophene rings is 1. The van der Waals surface area contributed by atoms with E-state index in [1.807, 2.05) is 17.5 Å². The number of aromatic carboxylic acids is 1. The van der Waals surface area contributed by atoms with Gasteiger partial charge in [0.25, 0.3) is 0 Å². The Kier molecular flexibility index (Phi) is 4.22. The zero-order chi connectivity index (χ0) is 15.8. The number of aryl methyl sites for hydroxylation is 2. The lowest BCUT2D eigenvalue weighted by atomic mass is 10.2. The number of furan rings is 1. The molecule has 0 spiro atoms. The summed E-state index contributed by atoms with van der Waals surface area (Å²) in [5, 5.41) is 11.0. The fourth-order valence-electron chi connectivity index (χ4n) is 2.12. The molecule has 2 N–H and O–H groups in total. The van der Waals surface area contributed by atoms with E-state index in [0.29, 0.717) is 0 Å². The zero-order valence-corrected chi connectivity index (χ0v) is 13.3. The molecular weight excluding hydrogens is 314 g/mol. The molecule has 6 nitrogen and oxygen atoms in total. The molecule has 0 amide bonds. The molecule has 114 valence electrons. The van der Waals surface area contributed by atoms with Crippen molar-refractivity contribution in [2.75, 3.05) is 0 Å². The van der Waals surface area contributed by atoms with E-state index in [0.717, 1.165) is 4.88 Å². The Morgan fingerprint density at radius 3 is 2.57 bits per heavy atom. The maximum atomic E-state index is 12.5. The minimum absolute atomic E-state index is 0.0655. The summed E-state index contributed by atoms with van der Waals surface area (Å²) in [5.41, 5.74) is -0.321. The summed E-state index contributed by atoms with van der Waals surface area (Å²) in [5.74, 6) is -1.19. The second-order valence-corrected chi connectivity index (χ2v) is 7.21.